The summed E-state index contributed by atoms with van der Waals surface area (Å²) in [5.74, 6) is 0.472. The second-order valence-corrected chi connectivity index (χ2v) is 2.09. The van der Waals surface area contributed by atoms with Gasteiger partial charge >= 0.3 is 0 Å². The van der Waals surface area contributed by atoms with Crippen molar-refractivity contribution in [2.45, 2.75) is 13.3 Å². The third kappa shape index (κ3) is 3.06. The first-order chi connectivity index (χ1) is 4.72. The molecule has 1 rings (SSSR count). The Morgan fingerprint density at radius 2 is 2.30 bits per heavy atom. The summed E-state index contributed by atoms with van der Waals surface area (Å²) >= 11 is 0. The van der Waals surface area contributed by atoms with Crippen LogP contribution in [0.15, 0.2) is 0 Å². The molecule has 10 heavy (non-hydrogen) atoms. The molecular weight excluding hydrogens is 134 g/mol. The molecular formula is C6H11NO3. The summed E-state index contributed by atoms with van der Waals surface area (Å²) in [4.78, 5) is 18.8. The Labute approximate surface area is 59.2 Å². The molecule has 0 aromatic carbocycles. The van der Waals surface area contributed by atoms with Crippen molar-refractivity contribution in [3.05, 3.63) is 0 Å². The van der Waals surface area contributed by atoms with Crippen LogP contribution in [-0.4, -0.2) is 24.0 Å². The van der Waals surface area contributed by atoms with Gasteiger partial charge < -0.3 is 10.4 Å². The summed E-state index contributed by atoms with van der Waals surface area (Å²) in [6.07, 6.45) is 1.01. The lowest BCUT2D eigenvalue weighted by Gasteiger charge is -1.90. The van der Waals surface area contributed by atoms with Gasteiger partial charge in [0, 0.05) is 12.5 Å². The fourth-order valence-corrected chi connectivity index (χ4v) is 0.717. The van der Waals surface area contributed by atoms with E-state index in [1.807, 2.05) is 6.92 Å². The number of hydrogen-bond donors (Lipinski definition) is 2. The lowest BCUT2D eigenvalue weighted by molar-refractivity contribution is -0.123. The van der Waals surface area contributed by atoms with Crippen LogP contribution in [0.5, 0.6) is 0 Å². The van der Waals surface area contributed by atoms with Crippen LogP contribution in [0, 0.1) is 5.92 Å². The minimum atomic E-state index is -0.250. The molecule has 0 spiro atoms. The molecule has 1 aliphatic heterocycles. The van der Waals surface area contributed by atoms with Crippen LogP contribution < -0.4 is 5.32 Å². The molecule has 0 aromatic heterocycles. The number of nitrogens with one attached hydrogen (secondary N) is 1. The van der Waals surface area contributed by atoms with E-state index in [4.69, 9.17) is 9.90 Å². The molecule has 1 atom stereocenters. The average Bonchev–Trinajstić information content (AvgIpc) is 2.19. The van der Waals surface area contributed by atoms with E-state index >= 15 is 0 Å². The summed E-state index contributed by atoms with van der Waals surface area (Å²) in [5, 5.41) is 9.62. The quantitative estimate of drug-likeness (QED) is 0.465. The van der Waals surface area contributed by atoms with Gasteiger partial charge in [-0.05, 0) is 6.42 Å². The van der Waals surface area contributed by atoms with E-state index in [0.29, 0.717) is 0 Å². The lowest BCUT2D eigenvalue weighted by Crippen LogP contribution is -2.16. The Morgan fingerprint density at radius 1 is 1.80 bits per heavy atom. The molecule has 0 bridgehead atoms. The Kier molecular flexibility index (Phi) is 4.28. The van der Waals surface area contributed by atoms with E-state index in [0.717, 1.165) is 13.0 Å². The van der Waals surface area contributed by atoms with Crippen LogP contribution in [0.1, 0.15) is 13.3 Å². The van der Waals surface area contributed by atoms with Crippen molar-refractivity contribution < 1.29 is 14.7 Å². The van der Waals surface area contributed by atoms with Gasteiger partial charge in [0.1, 0.15) is 0 Å². The van der Waals surface area contributed by atoms with Crippen molar-refractivity contribution in [2.24, 2.45) is 5.92 Å². The molecule has 1 amide bonds. The Balaban J connectivity index is 0.000000236. The van der Waals surface area contributed by atoms with Crippen molar-refractivity contribution in [3.8, 4) is 0 Å². The Hall–Kier alpha value is -1.06. The van der Waals surface area contributed by atoms with E-state index in [-0.39, 0.29) is 18.3 Å². The number of hydrogen-bond acceptors (Lipinski definition) is 2. The van der Waals surface area contributed by atoms with Crippen molar-refractivity contribution in [2.75, 3.05) is 6.54 Å². The summed E-state index contributed by atoms with van der Waals surface area (Å²) in [5.41, 5.74) is 0. The minimum absolute atomic E-state index is 0.208. The van der Waals surface area contributed by atoms with E-state index in [1.165, 1.54) is 0 Å². The van der Waals surface area contributed by atoms with Crippen LogP contribution in [0.2, 0.25) is 0 Å². The van der Waals surface area contributed by atoms with Gasteiger partial charge in [-0.2, -0.15) is 0 Å². The fourth-order valence-electron chi connectivity index (χ4n) is 0.717. The van der Waals surface area contributed by atoms with E-state index < -0.39 is 0 Å². The van der Waals surface area contributed by atoms with Crippen LogP contribution in [0.25, 0.3) is 0 Å². The highest BCUT2D eigenvalue weighted by Gasteiger charge is 2.17. The largest absolute Gasteiger partial charge is 0.483 e. The highest BCUT2D eigenvalue weighted by molar-refractivity contribution is 5.80. The molecule has 1 aliphatic rings. The minimum Gasteiger partial charge on any atom is -0.483 e. The maximum Gasteiger partial charge on any atom is 0.290 e. The van der Waals surface area contributed by atoms with Crippen molar-refractivity contribution in [1.29, 1.82) is 0 Å². The van der Waals surface area contributed by atoms with Crippen molar-refractivity contribution >= 4 is 12.4 Å². The molecule has 1 heterocycles. The van der Waals surface area contributed by atoms with Gasteiger partial charge in [0.25, 0.3) is 6.47 Å². The third-order valence-electron chi connectivity index (χ3n) is 1.32. The molecule has 0 aromatic rings. The lowest BCUT2D eigenvalue weighted by atomic mass is 10.1. The van der Waals surface area contributed by atoms with E-state index in [9.17, 15) is 4.79 Å². The van der Waals surface area contributed by atoms with Crippen LogP contribution in [0.3, 0.4) is 0 Å². The van der Waals surface area contributed by atoms with E-state index in [1.54, 1.807) is 0 Å². The highest BCUT2D eigenvalue weighted by Crippen LogP contribution is 2.05. The van der Waals surface area contributed by atoms with Gasteiger partial charge in [-0.25, -0.2) is 0 Å². The first-order valence-corrected chi connectivity index (χ1v) is 3.08. The van der Waals surface area contributed by atoms with Gasteiger partial charge in [0.15, 0.2) is 0 Å². The molecule has 1 saturated heterocycles. The number of carbonyl (C=O) groups is 2. The Morgan fingerprint density at radius 3 is 2.40 bits per heavy atom. The maximum absolute atomic E-state index is 10.5. The molecule has 0 aliphatic carbocycles. The third-order valence-corrected chi connectivity index (χ3v) is 1.32. The van der Waals surface area contributed by atoms with Gasteiger partial charge in [-0.3, -0.25) is 9.59 Å². The molecule has 0 saturated carbocycles. The standard InChI is InChI=1S/C5H9NO.CH2O2/c1-4-2-3-6-5(4)7;2-1-3/h4H,2-3H2,1H3,(H,6,7);1H,(H,2,3). The number of rotatable bonds is 0. The number of carbonyl (C=O) groups excluding carboxylic acids is 1. The maximum atomic E-state index is 10.5. The molecule has 2 N–H and O–H groups in total. The second-order valence-electron chi connectivity index (χ2n) is 2.09. The topological polar surface area (TPSA) is 66.4 Å². The van der Waals surface area contributed by atoms with Gasteiger partial charge in [-0.15, -0.1) is 0 Å². The number of carboxylic acid groups (broad SMARTS) is 1. The molecule has 58 valence electrons. The first-order valence-electron chi connectivity index (χ1n) is 3.08. The summed E-state index contributed by atoms with van der Waals surface area (Å²) in [7, 11) is 0. The van der Waals surface area contributed by atoms with Gasteiger partial charge in [-0.1, -0.05) is 6.92 Å². The first kappa shape index (κ1) is 8.94. The molecule has 4 heteroatoms. The SMILES string of the molecule is CC1CCNC1=O.O=CO. The molecule has 4 nitrogen and oxygen atoms in total. The summed E-state index contributed by atoms with van der Waals surface area (Å²) < 4.78 is 0. The van der Waals surface area contributed by atoms with Crippen LogP contribution >= 0.6 is 0 Å². The van der Waals surface area contributed by atoms with E-state index in [2.05, 4.69) is 5.32 Å². The summed E-state index contributed by atoms with van der Waals surface area (Å²) in [6, 6.07) is 0. The highest BCUT2D eigenvalue weighted by atomic mass is 16.3. The zero-order valence-electron chi connectivity index (χ0n) is 5.83. The zero-order chi connectivity index (χ0) is 7.98. The smallest absolute Gasteiger partial charge is 0.290 e. The second kappa shape index (κ2) is 4.78. The molecule has 1 fully saturated rings. The monoisotopic (exact) mass is 145 g/mol. The van der Waals surface area contributed by atoms with Crippen LogP contribution in [0.4, 0.5) is 0 Å². The predicted molar refractivity (Wildman–Crippen MR) is 35.5 cm³/mol. The fraction of sp³-hybridized carbons (Fsp3) is 0.667. The van der Waals surface area contributed by atoms with Gasteiger partial charge in [0.05, 0.1) is 0 Å². The van der Waals surface area contributed by atoms with Gasteiger partial charge in [0.2, 0.25) is 5.91 Å². The molecule has 0 radical (unpaired) electrons. The number of amides is 1. The predicted octanol–water partition coefficient (Wildman–Crippen LogP) is -0.157. The zero-order valence-corrected chi connectivity index (χ0v) is 5.83. The van der Waals surface area contributed by atoms with Crippen molar-refractivity contribution in [1.82, 2.24) is 5.32 Å². The van der Waals surface area contributed by atoms with Crippen molar-refractivity contribution in [3.63, 3.8) is 0 Å². The molecule has 1 unspecified atom stereocenters. The van der Waals surface area contributed by atoms with Crippen LogP contribution in [-0.2, 0) is 9.59 Å². The summed E-state index contributed by atoms with van der Waals surface area (Å²) in [6.45, 7) is 2.57. The average molecular weight is 145 g/mol. The Bertz CT molecular complexity index is 124. The normalized spacial score (nSPS) is 22.5.